The lowest BCUT2D eigenvalue weighted by Gasteiger charge is -2.35. The van der Waals surface area contributed by atoms with Crippen LogP contribution >= 0.6 is 22.9 Å². The summed E-state index contributed by atoms with van der Waals surface area (Å²) in [5.41, 5.74) is 8.20. The molecule has 12 heteroatoms. The maximum absolute atomic E-state index is 12.7. The van der Waals surface area contributed by atoms with E-state index >= 15 is 0 Å². The normalized spacial score (nSPS) is 24.0. The second-order valence-electron chi connectivity index (χ2n) is 9.02. The number of carbonyl (C=O) groups excluding carboxylic acids is 2. The molecule has 0 radical (unpaired) electrons. The number of fused-ring (bicyclic) bond motifs is 1. The van der Waals surface area contributed by atoms with Crippen LogP contribution in [-0.4, -0.2) is 78.1 Å². The number of halogens is 1. The molecule has 184 valence electrons. The van der Waals surface area contributed by atoms with E-state index in [2.05, 4.69) is 37.0 Å². The third-order valence-corrected chi connectivity index (χ3v) is 7.60. The van der Waals surface area contributed by atoms with Gasteiger partial charge in [0.25, 0.3) is 5.91 Å². The number of amides is 2. The summed E-state index contributed by atoms with van der Waals surface area (Å²) in [6, 6.07) is 5.74. The van der Waals surface area contributed by atoms with Gasteiger partial charge in [-0.05, 0) is 45.1 Å². The average Bonchev–Trinajstić information content (AvgIpc) is 3.45. The number of nitrogens with zero attached hydrogens (tertiary/aromatic N) is 3. The molecule has 2 aromatic rings. The predicted octanol–water partition coefficient (Wildman–Crippen LogP) is 1.73. The molecule has 34 heavy (non-hydrogen) atoms. The number of rotatable bonds is 8. The minimum absolute atomic E-state index is 0.0193. The minimum Gasteiger partial charge on any atom is -0.356 e. The van der Waals surface area contributed by atoms with E-state index in [1.54, 1.807) is 18.2 Å². The number of nitrogens with one attached hydrogen (secondary N) is 5. The average molecular weight is 507 g/mol. The summed E-state index contributed by atoms with van der Waals surface area (Å²) in [7, 11) is 3.89. The van der Waals surface area contributed by atoms with Crippen LogP contribution in [0.5, 0.6) is 0 Å². The van der Waals surface area contributed by atoms with Crippen molar-refractivity contribution < 1.29 is 9.59 Å². The lowest BCUT2D eigenvalue weighted by atomic mass is 9.82. The van der Waals surface area contributed by atoms with Crippen molar-refractivity contribution in [2.45, 2.75) is 37.2 Å². The molecular weight excluding hydrogens is 476 g/mol. The van der Waals surface area contributed by atoms with Crippen LogP contribution in [0.1, 0.15) is 30.1 Å². The number of carbonyl (C=O) groups is 2. The van der Waals surface area contributed by atoms with E-state index < -0.39 is 0 Å². The highest BCUT2D eigenvalue weighted by atomic mass is 35.5. The van der Waals surface area contributed by atoms with Crippen LogP contribution in [0.15, 0.2) is 18.2 Å². The second-order valence-corrected chi connectivity index (χ2v) is 10.5. The predicted molar refractivity (Wildman–Crippen MR) is 135 cm³/mol. The Bertz CT molecular complexity index is 1030. The summed E-state index contributed by atoms with van der Waals surface area (Å²) in [6.07, 6.45) is 1.98. The first kappa shape index (κ1) is 24.8. The zero-order valence-corrected chi connectivity index (χ0v) is 21.1. The summed E-state index contributed by atoms with van der Waals surface area (Å²) < 4.78 is 0. The van der Waals surface area contributed by atoms with E-state index in [-0.39, 0.29) is 23.2 Å². The number of hydrazine groups is 1. The van der Waals surface area contributed by atoms with Gasteiger partial charge in [0.15, 0.2) is 0 Å². The Morgan fingerprint density at radius 2 is 2.06 bits per heavy atom. The Labute approximate surface area is 208 Å². The molecule has 10 nitrogen and oxygen atoms in total. The highest BCUT2D eigenvalue weighted by Gasteiger charge is 2.41. The topological polar surface area (TPSA) is 123 Å². The number of likely N-dealkylation sites (N-methyl/N-ethyl adjacent to an activating group) is 1. The van der Waals surface area contributed by atoms with E-state index in [0.717, 1.165) is 25.9 Å². The summed E-state index contributed by atoms with van der Waals surface area (Å²) in [6.45, 7) is 3.54. The van der Waals surface area contributed by atoms with Crippen molar-refractivity contribution in [1.82, 2.24) is 31.3 Å². The lowest BCUT2D eigenvalue weighted by Crippen LogP contribution is -2.47. The zero-order valence-electron chi connectivity index (χ0n) is 19.5. The highest BCUT2D eigenvalue weighted by molar-refractivity contribution is 7.18. The Hall–Kier alpha value is -2.31. The van der Waals surface area contributed by atoms with Crippen molar-refractivity contribution in [1.29, 1.82) is 0 Å². The van der Waals surface area contributed by atoms with Crippen molar-refractivity contribution in [3.05, 3.63) is 23.8 Å². The standard InChI is InChI=1S/C22H31ClN8O2S/c1-12(32)26-15-9-13(20(33)24-6-7-31(2)3)8-14(10-15)21-29-30-22(34-21)27-18-5-4-17-16(19(18)23)11-25-28-17/h8-10,16-19,25,28H,4-7,11H2,1-3H3,(H,24,33)(H,26,32)(H,27,30). The number of hydrogen-bond acceptors (Lipinski definition) is 9. The molecule has 1 aromatic carbocycles. The smallest absolute Gasteiger partial charge is 0.251 e. The molecule has 0 spiro atoms. The maximum atomic E-state index is 12.7. The van der Waals surface area contributed by atoms with Crippen LogP contribution in [0.4, 0.5) is 10.8 Å². The molecule has 4 unspecified atom stereocenters. The van der Waals surface area contributed by atoms with Gasteiger partial charge >= 0.3 is 0 Å². The molecule has 4 atom stereocenters. The quantitative estimate of drug-likeness (QED) is 0.343. The van der Waals surface area contributed by atoms with Crippen LogP contribution in [-0.2, 0) is 4.79 Å². The lowest BCUT2D eigenvalue weighted by molar-refractivity contribution is -0.114. The van der Waals surface area contributed by atoms with Gasteiger partial charge < -0.3 is 20.9 Å². The van der Waals surface area contributed by atoms with E-state index in [1.807, 2.05) is 19.0 Å². The van der Waals surface area contributed by atoms with Crippen molar-refractivity contribution >= 4 is 45.6 Å². The SMILES string of the molecule is CC(=O)Nc1cc(C(=O)NCCN(C)C)cc(-c2nnc(NC3CCC4NNCC4C3Cl)s2)c1. The first-order valence-corrected chi connectivity index (χ1v) is 12.6. The van der Waals surface area contributed by atoms with Gasteiger partial charge in [0, 0.05) is 61.4 Å². The molecule has 1 saturated heterocycles. The third kappa shape index (κ3) is 6.02. The van der Waals surface area contributed by atoms with Gasteiger partial charge in [-0.25, -0.2) is 0 Å². The molecule has 1 saturated carbocycles. The molecule has 5 N–H and O–H groups in total. The van der Waals surface area contributed by atoms with Crippen LogP contribution < -0.4 is 26.8 Å². The molecular formula is C22H31ClN8O2S. The third-order valence-electron chi connectivity index (χ3n) is 6.07. The van der Waals surface area contributed by atoms with Gasteiger partial charge in [-0.3, -0.25) is 20.4 Å². The van der Waals surface area contributed by atoms with Crippen molar-refractivity contribution in [3.63, 3.8) is 0 Å². The second kappa shape index (κ2) is 11.0. The maximum Gasteiger partial charge on any atom is 0.251 e. The van der Waals surface area contributed by atoms with Crippen LogP contribution in [0.2, 0.25) is 0 Å². The van der Waals surface area contributed by atoms with Gasteiger partial charge in [0.05, 0.1) is 5.38 Å². The Morgan fingerprint density at radius 1 is 1.24 bits per heavy atom. The first-order valence-electron chi connectivity index (χ1n) is 11.4. The fourth-order valence-corrected chi connectivity index (χ4v) is 5.60. The first-order chi connectivity index (χ1) is 16.3. The minimum atomic E-state index is -0.213. The van der Waals surface area contributed by atoms with E-state index in [0.29, 0.717) is 45.5 Å². The van der Waals surface area contributed by atoms with E-state index in [4.69, 9.17) is 11.6 Å². The molecule has 4 rings (SSSR count). The molecule has 1 aliphatic carbocycles. The number of hydrogen-bond donors (Lipinski definition) is 5. The number of anilines is 2. The van der Waals surface area contributed by atoms with Crippen LogP contribution in [0, 0.1) is 5.92 Å². The van der Waals surface area contributed by atoms with Crippen molar-refractivity contribution in [2.24, 2.45) is 5.92 Å². The molecule has 2 aliphatic rings. The zero-order chi connectivity index (χ0) is 24.2. The molecule has 1 aliphatic heterocycles. The van der Waals surface area contributed by atoms with Gasteiger partial charge in [0.1, 0.15) is 5.01 Å². The molecule has 2 heterocycles. The van der Waals surface area contributed by atoms with E-state index in [1.165, 1.54) is 18.3 Å². The van der Waals surface area contributed by atoms with Gasteiger partial charge in [0.2, 0.25) is 11.0 Å². The fourth-order valence-electron chi connectivity index (χ4n) is 4.36. The van der Waals surface area contributed by atoms with Crippen molar-refractivity contribution in [3.8, 4) is 10.6 Å². The van der Waals surface area contributed by atoms with Crippen molar-refractivity contribution in [2.75, 3.05) is 44.4 Å². The Kier molecular flexibility index (Phi) is 7.99. The highest BCUT2D eigenvalue weighted by Crippen LogP contribution is 2.35. The number of aromatic nitrogens is 2. The largest absolute Gasteiger partial charge is 0.356 e. The van der Waals surface area contributed by atoms with Gasteiger partial charge in [-0.15, -0.1) is 21.8 Å². The summed E-state index contributed by atoms with van der Waals surface area (Å²) in [5, 5.41) is 19.1. The number of alkyl halides is 1. The molecule has 2 amide bonds. The van der Waals surface area contributed by atoms with Gasteiger partial charge in [-0.2, -0.15) is 0 Å². The molecule has 0 bridgehead atoms. The summed E-state index contributed by atoms with van der Waals surface area (Å²) in [5.74, 6) is -0.0581. The summed E-state index contributed by atoms with van der Waals surface area (Å²) in [4.78, 5) is 26.4. The molecule has 2 fully saturated rings. The summed E-state index contributed by atoms with van der Waals surface area (Å²) >= 11 is 8.17. The van der Waals surface area contributed by atoms with Crippen LogP contribution in [0.25, 0.3) is 10.6 Å². The molecule has 1 aromatic heterocycles. The monoisotopic (exact) mass is 506 g/mol. The fraction of sp³-hybridized carbons (Fsp3) is 0.545. The number of benzene rings is 1. The Balaban J connectivity index is 1.50. The van der Waals surface area contributed by atoms with Gasteiger partial charge in [-0.1, -0.05) is 11.3 Å². The Morgan fingerprint density at radius 3 is 2.82 bits per heavy atom. The van der Waals surface area contributed by atoms with Crippen LogP contribution in [0.3, 0.4) is 0 Å². The van der Waals surface area contributed by atoms with E-state index in [9.17, 15) is 9.59 Å².